The molecule has 0 atom stereocenters. The number of hydrogen-bond donors (Lipinski definition) is 4. The first-order chi connectivity index (χ1) is 17.3. The normalized spacial score (nSPS) is 11.1. The smallest absolute Gasteiger partial charge is 0.344 e. The van der Waals surface area contributed by atoms with E-state index in [0.717, 1.165) is 19.5 Å². The minimum Gasteiger partial charge on any atom is -0.477 e. The van der Waals surface area contributed by atoms with E-state index in [0.29, 0.717) is 36.4 Å². The van der Waals surface area contributed by atoms with Crippen LogP contribution in [0.25, 0.3) is 10.8 Å². The van der Waals surface area contributed by atoms with Crippen LogP contribution in [0.15, 0.2) is 30.3 Å². The third kappa shape index (κ3) is 6.86. The van der Waals surface area contributed by atoms with Crippen LogP contribution in [-0.4, -0.2) is 64.3 Å². The highest BCUT2D eigenvalue weighted by molar-refractivity contribution is 7.11. The largest absolute Gasteiger partial charge is 0.477 e. The van der Waals surface area contributed by atoms with Crippen molar-refractivity contribution in [3.8, 4) is 5.88 Å². The first kappa shape index (κ1) is 27.2. The predicted octanol–water partition coefficient (Wildman–Crippen LogP) is 4.07. The molecule has 36 heavy (non-hydrogen) atoms. The average Bonchev–Trinajstić information content (AvgIpc) is 3.25. The van der Waals surface area contributed by atoms with Gasteiger partial charge in [-0.3, -0.25) is 5.32 Å². The second-order valence-electron chi connectivity index (χ2n) is 7.90. The van der Waals surface area contributed by atoms with E-state index in [-0.39, 0.29) is 28.4 Å². The number of aliphatic hydroxyl groups is 1. The first-order valence-electron chi connectivity index (χ1n) is 11.4. The number of halogens is 2. The van der Waals surface area contributed by atoms with Gasteiger partial charge in [-0.15, -0.1) is 0 Å². The van der Waals surface area contributed by atoms with Crippen LogP contribution < -0.4 is 15.4 Å². The number of anilines is 1. The Bertz CT molecular complexity index is 1210. The van der Waals surface area contributed by atoms with Crippen LogP contribution in [0, 0.1) is 11.6 Å². The fourth-order valence-electron chi connectivity index (χ4n) is 3.61. The van der Waals surface area contributed by atoms with Gasteiger partial charge in [-0.1, -0.05) is 31.2 Å². The quantitative estimate of drug-likeness (QED) is 0.250. The molecule has 2 aromatic carbocycles. The van der Waals surface area contributed by atoms with E-state index in [1.165, 1.54) is 12.1 Å². The molecule has 1 heterocycles. The van der Waals surface area contributed by atoms with E-state index in [1.54, 1.807) is 18.2 Å². The van der Waals surface area contributed by atoms with Crippen molar-refractivity contribution in [2.24, 2.45) is 0 Å². The van der Waals surface area contributed by atoms with Gasteiger partial charge in [0, 0.05) is 18.5 Å². The molecular formula is C24H28F2N4O5S. The monoisotopic (exact) mass is 522 g/mol. The van der Waals surface area contributed by atoms with Crippen LogP contribution >= 0.6 is 11.5 Å². The first-order valence-corrected chi connectivity index (χ1v) is 12.2. The highest BCUT2D eigenvalue weighted by Crippen LogP contribution is 2.32. The molecule has 1 aromatic heterocycles. The summed E-state index contributed by atoms with van der Waals surface area (Å²) in [5.41, 5.74) is -0.759. The van der Waals surface area contributed by atoms with E-state index < -0.39 is 35.8 Å². The number of unbranched alkanes of at least 4 members (excludes halogenated alkanes) is 1. The lowest BCUT2D eigenvalue weighted by atomic mass is 10.1. The number of nitrogens with one attached hydrogen (secondary N) is 2. The van der Waals surface area contributed by atoms with Crippen molar-refractivity contribution in [2.75, 3.05) is 38.1 Å². The number of rotatable bonds is 13. The van der Waals surface area contributed by atoms with Crippen molar-refractivity contribution in [3.63, 3.8) is 0 Å². The third-order valence-corrected chi connectivity index (χ3v) is 6.28. The molecule has 2 amide bonds. The lowest BCUT2D eigenvalue weighted by Crippen LogP contribution is -2.31. The minimum absolute atomic E-state index is 0.0606. The molecule has 12 heteroatoms. The maximum atomic E-state index is 14.8. The molecule has 0 aliphatic carbocycles. The van der Waals surface area contributed by atoms with Crippen molar-refractivity contribution in [2.45, 2.75) is 26.4 Å². The topological polar surface area (TPSA) is 124 Å². The molecule has 0 saturated carbocycles. The number of likely N-dealkylation sites (N-methyl/N-ethyl adjacent to an activating group) is 1. The molecule has 0 radical (unpaired) electrons. The maximum absolute atomic E-state index is 14.8. The molecule has 0 saturated heterocycles. The Morgan fingerprint density at radius 2 is 1.97 bits per heavy atom. The summed E-state index contributed by atoms with van der Waals surface area (Å²) in [5.74, 6) is -3.38. The Kier molecular flexibility index (Phi) is 9.91. The summed E-state index contributed by atoms with van der Waals surface area (Å²) in [6.07, 6.45) is 1.51. The highest BCUT2D eigenvalue weighted by atomic mass is 32.1. The number of amides is 2. The van der Waals surface area contributed by atoms with Crippen molar-refractivity contribution in [1.29, 1.82) is 0 Å². The second-order valence-corrected chi connectivity index (χ2v) is 8.68. The number of fused-ring (bicyclic) bond motifs is 1. The number of hydrogen-bond acceptors (Lipinski definition) is 7. The fourth-order valence-corrected chi connectivity index (χ4v) is 4.34. The van der Waals surface area contributed by atoms with E-state index in [4.69, 9.17) is 9.84 Å². The highest BCUT2D eigenvalue weighted by Gasteiger charge is 2.24. The summed E-state index contributed by atoms with van der Waals surface area (Å²) < 4.78 is 38.6. The lowest BCUT2D eigenvalue weighted by Gasteiger charge is -2.18. The Balaban J connectivity index is 1.59. The Morgan fingerprint density at radius 3 is 2.69 bits per heavy atom. The van der Waals surface area contributed by atoms with Crippen LogP contribution in [0.3, 0.4) is 0 Å². The Hall–Kier alpha value is -3.35. The molecule has 4 N–H and O–H groups in total. The molecular weight excluding hydrogens is 494 g/mol. The number of ether oxygens (including phenoxy) is 1. The fraction of sp³-hybridized carbons (Fsp3) is 0.375. The van der Waals surface area contributed by atoms with Crippen molar-refractivity contribution >= 4 is 39.3 Å². The molecule has 0 spiro atoms. The van der Waals surface area contributed by atoms with E-state index >= 15 is 0 Å². The zero-order valence-electron chi connectivity index (χ0n) is 19.7. The number of aromatic carboxylic acids is 1. The summed E-state index contributed by atoms with van der Waals surface area (Å²) in [5, 5.41) is 24.2. The molecule has 0 aliphatic rings. The van der Waals surface area contributed by atoms with Crippen molar-refractivity contribution in [1.82, 2.24) is 14.6 Å². The van der Waals surface area contributed by atoms with Crippen molar-refractivity contribution in [3.05, 3.63) is 53.1 Å². The number of carbonyl (C=O) groups excluding carboxylic acids is 1. The van der Waals surface area contributed by atoms with Crippen LogP contribution in [-0.2, 0) is 6.61 Å². The number of carboxylic acids is 1. The molecule has 0 aliphatic heterocycles. The Morgan fingerprint density at radius 1 is 1.19 bits per heavy atom. The third-order valence-electron chi connectivity index (χ3n) is 5.54. The summed E-state index contributed by atoms with van der Waals surface area (Å²) >= 11 is 0.689. The summed E-state index contributed by atoms with van der Waals surface area (Å²) in [7, 11) is 0. The molecule has 0 fully saturated rings. The summed E-state index contributed by atoms with van der Waals surface area (Å²) in [6, 6.07) is 6.94. The number of urea groups is 1. The number of benzene rings is 2. The van der Waals surface area contributed by atoms with E-state index in [2.05, 4.69) is 19.9 Å². The molecule has 194 valence electrons. The second kappa shape index (κ2) is 13.1. The molecule has 9 nitrogen and oxygen atoms in total. The van der Waals surface area contributed by atoms with E-state index in [1.807, 2.05) is 6.92 Å². The lowest BCUT2D eigenvalue weighted by molar-refractivity contribution is 0.0693. The standard InChI is InChI=1S/C24H28F2N4O5S/c1-2-30(11-12-31)10-6-5-9-27-24(34)28-22-19(23(32)33)21(29-36-22)35-14-17-18(25)13-15-7-3-4-8-16(15)20(17)26/h3-4,7-8,13,31H,2,5-6,9-12,14H2,1H3,(H,32,33)(H2,27,28,34). The van der Waals surface area contributed by atoms with Gasteiger partial charge in [-0.05, 0) is 48.9 Å². The Labute approximate surface area is 210 Å². The van der Waals surface area contributed by atoms with Gasteiger partial charge in [0.2, 0.25) is 5.88 Å². The summed E-state index contributed by atoms with van der Waals surface area (Å²) in [4.78, 5) is 26.1. The van der Waals surface area contributed by atoms with Gasteiger partial charge < -0.3 is 25.2 Å². The van der Waals surface area contributed by atoms with Gasteiger partial charge in [0.05, 0.1) is 12.2 Å². The number of carboxylic acid groups (broad SMARTS) is 1. The zero-order chi connectivity index (χ0) is 26.1. The van der Waals surface area contributed by atoms with Crippen LogP contribution in [0.4, 0.5) is 18.6 Å². The van der Waals surface area contributed by atoms with E-state index in [9.17, 15) is 23.5 Å². The molecule has 3 rings (SSSR count). The minimum atomic E-state index is -1.41. The number of nitrogens with zero attached hydrogens (tertiary/aromatic N) is 2. The zero-order valence-corrected chi connectivity index (χ0v) is 20.5. The van der Waals surface area contributed by atoms with Crippen LogP contribution in [0.1, 0.15) is 35.7 Å². The average molecular weight is 523 g/mol. The van der Waals surface area contributed by atoms with Gasteiger partial charge in [0.15, 0.2) is 5.56 Å². The van der Waals surface area contributed by atoms with Crippen LogP contribution in [0.2, 0.25) is 0 Å². The van der Waals surface area contributed by atoms with Gasteiger partial charge in [-0.25, -0.2) is 18.4 Å². The van der Waals surface area contributed by atoms with Gasteiger partial charge in [0.1, 0.15) is 23.2 Å². The molecule has 0 bridgehead atoms. The SMILES string of the molecule is CCN(CCO)CCCCNC(=O)Nc1snc(OCc2c(F)cc3ccccc3c2F)c1C(=O)O. The number of carbonyl (C=O) groups is 2. The number of aliphatic hydroxyl groups excluding tert-OH is 1. The molecule has 3 aromatic rings. The van der Waals surface area contributed by atoms with Crippen LogP contribution in [0.5, 0.6) is 5.88 Å². The summed E-state index contributed by atoms with van der Waals surface area (Å²) in [6.45, 7) is 4.09. The maximum Gasteiger partial charge on any atom is 0.344 e. The molecule has 0 unspecified atom stereocenters. The number of aromatic nitrogens is 1. The van der Waals surface area contributed by atoms with Gasteiger partial charge in [-0.2, -0.15) is 4.37 Å². The van der Waals surface area contributed by atoms with Gasteiger partial charge in [0.25, 0.3) is 0 Å². The van der Waals surface area contributed by atoms with Crippen molar-refractivity contribution < 1.29 is 33.3 Å². The predicted molar refractivity (Wildman–Crippen MR) is 133 cm³/mol. The van der Waals surface area contributed by atoms with Gasteiger partial charge >= 0.3 is 12.0 Å².